The van der Waals surface area contributed by atoms with Crippen molar-refractivity contribution in [2.75, 3.05) is 32.4 Å². The number of aliphatic imine (C=N–C) groups is 1. The molecule has 0 radical (unpaired) electrons. The van der Waals surface area contributed by atoms with Crippen LogP contribution in [-0.4, -0.2) is 48.3 Å². The Morgan fingerprint density at radius 1 is 1.28 bits per heavy atom. The smallest absolute Gasteiger partial charge is 0.193 e. The topological polar surface area (TPSA) is 40.5 Å². The fourth-order valence-corrected chi connectivity index (χ4v) is 4.14. The van der Waals surface area contributed by atoms with Crippen LogP contribution >= 0.6 is 11.8 Å². The van der Waals surface area contributed by atoms with Crippen LogP contribution in [0.4, 0.5) is 0 Å². The zero-order valence-electron chi connectivity index (χ0n) is 14.8. The van der Waals surface area contributed by atoms with Crippen LogP contribution < -0.4 is 5.32 Å². The molecule has 0 amide bonds. The van der Waals surface area contributed by atoms with Crippen molar-refractivity contribution in [3.05, 3.63) is 60.4 Å². The van der Waals surface area contributed by atoms with Crippen LogP contribution in [-0.2, 0) is 6.42 Å². The van der Waals surface area contributed by atoms with E-state index < -0.39 is 0 Å². The largest absolute Gasteiger partial charge is 0.356 e. The summed E-state index contributed by atoms with van der Waals surface area (Å²) in [5, 5.41) is 3.50. The molecule has 1 aromatic heterocycles. The number of thioether (sulfide) groups is 1. The molecule has 5 heteroatoms. The summed E-state index contributed by atoms with van der Waals surface area (Å²) in [5.41, 5.74) is 1.25. The SMILES string of the molecule is CN=C(NCCc1cccnc1)N1CCC(CSc2ccccc2)C1. The maximum absolute atomic E-state index is 4.46. The van der Waals surface area contributed by atoms with Gasteiger partial charge in [0.05, 0.1) is 0 Å². The molecule has 2 aromatic rings. The predicted octanol–water partition coefficient (Wildman–Crippen LogP) is 3.31. The van der Waals surface area contributed by atoms with Gasteiger partial charge in [0, 0.05) is 49.7 Å². The highest BCUT2D eigenvalue weighted by molar-refractivity contribution is 7.99. The van der Waals surface area contributed by atoms with Gasteiger partial charge >= 0.3 is 0 Å². The molecule has 0 aliphatic carbocycles. The second kappa shape index (κ2) is 9.47. The van der Waals surface area contributed by atoms with Gasteiger partial charge in [-0.15, -0.1) is 11.8 Å². The van der Waals surface area contributed by atoms with Gasteiger partial charge in [-0.3, -0.25) is 9.98 Å². The van der Waals surface area contributed by atoms with Gasteiger partial charge in [0.25, 0.3) is 0 Å². The first-order chi connectivity index (χ1) is 12.3. The minimum Gasteiger partial charge on any atom is -0.356 e. The van der Waals surface area contributed by atoms with Crippen molar-refractivity contribution in [3.63, 3.8) is 0 Å². The fraction of sp³-hybridized carbons (Fsp3) is 0.400. The van der Waals surface area contributed by atoms with Crippen molar-refractivity contribution < 1.29 is 0 Å². The van der Waals surface area contributed by atoms with Crippen LogP contribution in [0.3, 0.4) is 0 Å². The lowest BCUT2D eigenvalue weighted by molar-refractivity contribution is 0.475. The van der Waals surface area contributed by atoms with Crippen LogP contribution in [0.25, 0.3) is 0 Å². The summed E-state index contributed by atoms with van der Waals surface area (Å²) in [6.45, 7) is 3.07. The number of guanidine groups is 1. The summed E-state index contributed by atoms with van der Waals surface area (Å²) >= 11 is 1.96. The summed E-state index contributed by atoms with van der Waals surface area (Å²) < 4.78 is 0. The van der Waals surface area contributed by atoms with E-state index in [1.807, 2.05) is 37.3 Å². The highest BCUT2D eigenvalue weighted by Crippen LogP contribution is 2.25. The zero-order valence-corrected chi connectivity index (χ0v) is 15.6. The Kier molecular flexibility index (Phi) is 6.74. The number of nitrogens with one attached hydrogen (secondary N) is 1. The predicted molar refractivity (Wildman–Crippen MR) is 106 cm³/mol. The minimum atomic E-state index is 0.724. The van der Waals surface area contributed by atoms with E-state index in [-0.39, 0.29) is 0 Å². The Bertz CT molecular complexity index is 660. The molecule has 0 spiro atoms. The number of likely N-dealkylation sites (tertiary alicyclic amines) is 1. The maximum atomic E-state index is 4.46. The number of rotatable bonds is 6. The normalized spacial score (nSPS) is 17.7. The van der Waals surface area contributed by atoms with E-state index in [2.05, 4.69) is 56.6 Å². The van der Waals surface area contributed by atoms with Crippen molar-refractivity contribution in [1.82, 2.24) is 15.2 Å². The number of pyridine rings is 1. The quantitative estimate of drug-likeness (QED) is 0.491. The molecule has 1 aliphatic rings. The monoisotopic (exact) mass is 354 g/mol. The van der Waals surface area contributed by atoms with E-state index in [1.54, 1.807) is 0 Å². The van der Waals surface area contributed by atoms with Gasteiger partial charge in [0.2, 0.25) is 0 Å². The molecule has 3 rings (SSSR count). The van der Waals surface area contributed by atoms with Crippen LogP contribution in [0.1, 0.15) is 12.0 Å². The van der Waals surface area contributed by atoms with E-state index in [9.17, 15) is 0 Å². The average Bonchev–Trinajstić information content (AvgIpc) is 3.14. The Morgan fingerprint density at radius 2 is 2.16 bits per heavy atom. The minimum absolute atomic E-state index is 0.724. The molecule has 1 unspecified atom stereocenters. The number of benzene rings is 1. The number of nitrogens with zero attached hydrogens (tertiary/aromatic N) is 3. The molecule has 0 saturated carbocycles. The van der Waals surface area contributed by atoms with Gasteiger partial charge in [-0.2, -0.15) is 0 Å². The molecule has 4 nitrogen and oxygen atoms in total. The fourth-order valence-electron chi connectivity index (χ4n) is 3.09. The lowest BCUT2D eigenvalue weighted by atomic mass is 10.2. The average molecular weight is 355 g/mol. The standard InChI is InChI=1S/C20H26N4S/c1-21-20(23-12-9-17-6-5-11-22-14-17)24-13-10-18(15-24)16-25-19-7-3-2-4-8-19/h2-8,11,14,18H,9-10,12-13,15-16H2,1H3,(H,21,23). The maximum Gasteiger partial charge on any atom is 0.193 e. The van der Waals surface area contributed by atoms with E-state index in [0.717, 1.165) is 37.9 Å². The van der Waals surface area contributed by atoms with Gasteiger partial charge in [0.15, 0.2) is 5.96 Å². The lowest BCUT2D eigenvalue weighted by Gasteiger charge is -2.21. The van der Waals surface area contributed by atoms with Gasteiger partial charge < -0.3 is 10.2 Å². The molecule has 1 aliphatic heterocycles. The van der Waals surface area contributed by atoms with Crippen LogP contribution in [0.5, 0.6) is 0 Å². The van der Waals surface area contributed by atoms with Gasteiger partial charge in [-0.25, -0.2) is 0 Å². The summed E-state index contributed by atoms with van der Waals surface area (Å²) in [6, 6.07) is 14.8. The summed E-state index contributed by atoms with van der Waals surface area (Å²) in [7, 11) is 1.87. The molecule has 1 N–H and O–H groups in total. The van der Waals surface area contributed by atoms with Crippen molar-refractivity contribution in [1.29, 1.82) is 0 Å². The molecule has 1 saturated heterocycles. The second-order valence-corrected chi connectivity index (χ2v) is 7.40. The molecule has 2 heterocycles. The first-order valence-electron chi connectivity index (χ1n) is 8.87. The third-order valence-electron chi connectivity index (χ3n) is 4.45. The van der Waals surface area contributed by atoms with Gasteiger partial charge in [0.1, 0.15) is 0 Å². The lowest BCUT2D eigenvalue weighted by Crippen LogP contribution is -2.41. The van der Waals surface area contributed by atoms with E-state index in [0.29, 0.717) is 0 Å². The van der Waals surface area contributed by atoms with Gasteiger partial charge in [-0.1, -0.05) is 24.3 Å². The van der Waals surface area contributed by atoms with Crippen LogP contribution in [0.2, 0.25) is 0 Å². The third-order valence-corrected chi connectivity index (χ3v) is 5.69. The molecule has 1 aromatic carbocycles. The Labute approximate surface area is 154 Å². The molecule has 1 atom stereocenters. The van der Waals surface area contributed by atoms with E-state index >= 15 is 0 Å². The Hall–Kier alpha value is -2.01. The van der Waals surface area contributed by atoms with E-state index in [4.69, 9.17) is 0 Å². The number of hydrogen-bond acceptors (Lipinski definition) is 3. The van der Waals surface area contributed by atoms with Gasteiger partial charge in [-0.05, 0) is 42.5 Å². The van der Waals surface area contributed by atoms with Crippen LogP contribution in [0, 0.1) is 5.92 Å². The molecule has 1 fully saturated rings. The molecule has 132 valence electrons. The number of hydrogen-bond donors (Lipinski definition) is 1. The van der Waals surface area contributed by atoms with Crippen molar-refractivity contribution in [2.45, 2.75) is 17.7 Å². The zero-order chi connectivity index (χ0) is 17.3. The first kappa shape index (κ1) is 17.8. The molecular formula is C20H26N4S. The number of aromatic nitrogens is 1. The summed E-state index contributed by atoms with van der Waals surface area (Å²) in [4.78, 5) is 12.4. The highest BCUT2D eigenvalue weighted by Gasteiger charge is 2.24. The summed E-state index contributed by atoms with van der Waals surface area (Å²) in [5.74, 6) is 2.92. The molecule has 25 heavy (non-hydrogen) atoms. The first-order valence-corrected chi connectivity index (χ1v) is 9.86. The van der Waals surface area contributed by atoms with Crippen LogP contribution in [0.15, 0.2) is 64.7 Å². The second-order valence-electron chi connectivity index (χ2n) is 6.31. The van der Waals surface area contributed by atoms with Crippen molar-refractivity contribution >= 4 is 17.7 Å². The molecule has 0 bridgehead atoms. The Balaban J connectivity index is 1.41. The third kappa shape index (κ3) is 5.49. The molecular weight excluding hydrogens is 328 g/mol. The van der Waals surface area contributed by atoms with E-state index in [1.165, 1.54) is 22.6 Å². The highest BCUT2D eigenvalue weighted by atomic mass is 32.2. The van der Waals surface area contributed by atoms with Crippen molar-refractivity contribution in [2.24, 2.45) is 10.9 Å². The summed E-state index contributed by atoms with van der Waals surface area (Å²) in [6.07, 6.45) is 5.95. The van der Waals surface area contributed by atoms with Crippen molar-refractivity contribution in [3.8, 4) is 0 Å². The Morgan fingerprint density at radius 3 is 2.92 bits per heavy atom.